The monoisotopic (exact) mass is 494 g/mol. The molecular weight excluding hydrogens is 464 g/mol. The number of methoxy groups -OCH3 is 4. The third-order valence-corrected chi connectivity index (χ3v) is 4.98. The molecule has 0 N–H and O–H groups in total. The smallest absolute Gasteiger partial charge is 0.309 e. The predicted molar refractivity (Wildman–Crippen MR) is 137 cm³/mol. The minimum atomic E-state index is -0.559. The Kier molecular flexibility index (Phi) is 11.0. The zero-order valence-electron chi connectivity index (χ0n) is 21.0. The summed E-state index contributed by atoms with van der Waals surface area (Å²) in [5.41, 5.74) is 1.18. The first-order chi connectivity index (χ1) is 17.4. The summed E-state index contributed by atoms with van der Waals surface area (Å²) in [5.74, 6) is 0.437. The molecule has 190 valence electrons. The Morgan fingerprint density at radius 2 is 1.14 bits per heavy atom. The second-order valence-corrected chi connectivity index (χ2v) is 7.25. The van der Waals surface area contributed by atoms with Crippen LogP contribution in [0.25, 0.3) is 12.2 Å². The minimum Gasteiger partial charge on any atom is -0.493 e. The van der Waals surface area contributed by atoms with Crippen molar-refractivity contribution < 1.29 is 38.1 Å². The summed E-state index contributed by atoms with van der Waals surface area (Å²) in [6.07, 6.45) is 6.69. The number of hydrogen-bond donors (Lipinski definition) is 0. The molecule has 0 aromatic heterocycles. The summed E-state index contributed by atoms with van der Waals surface area (Å²) in [5, 5.41) is 0. The molecule has 2 aromatic rings. The average molecular weight is 495 g/mol. The maximum Gasteiger partial charge on any atom is 0.309 e. The van der Waals surface area contributed by atoms with Gasteiger partial charge in [0.2, 0.25) is 0 Å². The van der Waals surface area contributed by atoms with Gasteiger partial charge in [0.15, 0.2) is 34.6 Å². The summed E-state index contributed by atoms with van der Waals surface area (Å²) in [6, 6.07) is 10.3. The molecule has 0 radical (unpaired) electrons. The van der Waals surface area contributed by atoms with Gasteiger partial charge in [0.25, 0.3) is 0 Å². The lowest BCUT2D eigenvalue weighted by Gasteiger charge is -2.08. The summed E-state index contributed by atoms with van der Waals surface area (Å²) in [4.78, 5) is 37.7. The van der Waals surface area contributed by atoms with Gasteiger partial charge in [-0.1, -0.05) is 30.4 Å². The number of ether oxygens (including phenoxy) is 5. The van der Waals surface area contributed by atoms with E-state index in [-0.39, 0.29) is 18.6 Å². The Bertz CT molecular complexity index is 1090. The highest BCUT2D eigenvalue weighted by Gasteiger charge is 2.15. The zero-order valence-corrected chi connectivity index (χ0v) is 21.0. The second kappa shape index (κ2) is 14.2. The van der Waals surface area contributed by atoms with E-state index in [2.05, 4.69) is 0 Å². The first-order valence-electron chi connectivity index (χ1n) is 11.1. The standard InChI is InChI=1S/C28H30O8/c1-6-36-28(31)16-11-21(22(29)12-7-19-9-14-24(32-2)26(17-19)34-4)23(30)13-8-20-10-15-25(33-3)27(18-20)35-5/h7-15,17-18H,6,16H2,1-5H3/b12-7+,13-8+. The van der Waals surface area contributed by atoms with Crippen LogP contribution in [0, 0.1) is 0 Å². The number of esters is 1. The van der Waals surface area contributed by atoms with Crippen molar-refractivity contribution in [2.45, 2.75) is 13.3 Å². The quantitative estimate of drug-likeness (QED) is 0.174. The first-order valence-corrected chi connectivity index (χ1v) is 11.1. The molecule has 36 heavy (non-hydrogen) atoms. The fraction of sp³-hybridized carbons (Fsp3) is 0.250. The van der Waals surface area contributed by atoms with E-state index in [0.29, 0.717) is 34.1 Å². The van der Waals surface area contributed by atoms with Gasteiger partial charge in [-0.15, -0.1) is 0 Å². The fourth-order valence-corrected chi connectivity index (χ4v) is 3.16. The number of rotatable bonds is 13. The third kappa shape index (κ3) is 7.87. The molecule has 0 fully saturated rings. The van der Waals surface area contributed by atoms with Crippen molar-refractivity contribution in [2.24, 2.45) is 0 Å². The maximum atomic E-state index is 12.9. The number of carbonyl (C=O) groups excluding carboxylic acids is 3. The van der Waals surface area contributed by atoms with Crippen molar-refractivity contribution in [3.8, 4) is 23.0 Å². The molecule has 0 heterocycles. The van der Waals surface area contributed by atoms with Crippen LogP contribution in [0.2, 0.25) is 0 Å². The molecule has 0 atom stereocenters. The van der Waals surface area contributed by atoms with E-state index in [0.717, 1.165) is 0 Å². The Balaban J connectivity index is 2.30. The van der Waals surface area contributed by atoms with Crippen molar-refractivity contribution in [3.05, 3.63) is 71.3 Å². The van der Waals surface area contributed by atoms with Crippen molar-refractivity contribution in [2.75, 3.05) is 35.0 Å². The summed E-state index contributed by atoms with van der Waals surface area (Å²) < 4.78 is 25.9. The van der Waals surface area contributed by atoms with Crippen LogP contribution < -0.4 is 18.9 Å². The van der Waals surface area contributed by atoms with Gasteiger partial charge in [-0.2, -0.15) is 0 Å². The van der Waals surface area contributed by atoms with E-state index in [9.17, 15) is 14.4 Å². The van der Waals surface area contributed by atoms with Crippen LogP contribution >= 0.6 is 0 Å². The Morgan fingerprint density at radius 1 is 0.694 bits per heavy atom. The highest BCUT2D eigenvalue weighted by atomic mass is 16.5. The molecular formula is C28H30O8. The van der Waals surface area contributed by atoms with E-state index in [4.69, 9.17) is 23.7 Å². The Hall–Kier alpha value is -4.33. The molecule has 0 bridgehead atoms. The maximum absolute atomic E-state index is 12.9. The Morgan fingerprint density at radius 3 is 1.53 bits per heavy atom. The fourth-order valence-electron chi connectivity index (χ4n) is 3.16. The van der Waals surface area contributed by atoms with Crippen LogP contribution in [0.1, 0.15) is 24.5 Å². The highest BCUT2D eigenvalue weighted by molar-refractivity contribution is 6.28. The molecule has 2 aromatic carbocycles. The topological polar surface area (TPSA) is 97.4 Å². The molecule has 0 aliphatic carbocycles. The number of benzene rings is 2. The molecule has 8 nitrogen and oxygen atoms in total. The highest BCUT2D eigenvalue weighted by Crippen LogP contribution is 2.29. The molecule has 0 saturated heterocycles. The summed E-state index contributed by atoms with van der Waals surface area (Å²) in [6.45, 7) is 1.87. The number of carbonyl (C=O) groups is 3. The number of allylic oxidation sites excluding steroid dienone is 3. The van der Waals surface area contributed by atoms with Crippen LogP contribution in [0.5, 0.6) is 23.0 Å². The predicted octanol–water partition coefficient (Wildman–Crippen LogP) is 4.47. The normalized spacial score (nSPS) is 10.7. The van der Waals surface area contributed by atoms with Crippen molar-refractivity contribution in [3.63, 3.8) is 0 Å². The largest absolute Gasteiger partial charge is 0.493 e. The van der Waals surface area contributed by atoms with Gasteiger partial charge in [-0.3, -0.25) is 14.4 Å². The van der Waals surface area contributed by atoms with E-state index in [1.54, 1.807) is 55.5 Å². The SMILES string of the molecule is CCOC(=O)CC=C(C(=O)/C=C/c1ccc(OC)c(OC)c1)C(=O)/C=C/c1ccc(OC)c(OC)c1. The van der Waals surface area contributed by atoms with Crippen molar-refractivity contribution in [1.29, 1.82) is 0 Å². The minimum absolute atomic E-state index is 0.156. The second-order valence-electron chi connectivity index (χ2n) is 7.25. The first kappa shape index (κ1) is 27.9. The zero-order chi connectivity index (χ0) is 26.5. The van der Waals surface area contributed by atoms with Crippen LogP contribution in [0.15, 0.2) is 60.2 Å². The molecule has 0 unspecified atom stereocenters. The van der Waals surface area contributed by atoms with E-state index >= 15 is 0 Å². The van der Waals surface area contributed by atoms with Crippen molar-refractivity contribution in [1.82, 2.24) is 0 Å². The molecule has 8 heteroatoms. The molecule has 2 rings (SSSR count). The van der Waals surface area contributed by atoms with Crippen LogP contribution in [-0.2, 0) is 19.1 Å². The molecule has 0 saturated carbocycles. The van der Waals surface area contributed by atoms with Gasteiger partial charge < -0.3 is 23.7 Å². The summed E-state index contributed by atoms with van der Waals surface area (Å²) >= 11 is 0. The van der Waals surface area contributed by atoms with Crippen molar-refractivity contribution >= 4 is 29.7 Å². The van der Waals surface area contributed by atoms with Gasteiger partial charge in [0, 0.05) is 0 Å². The van der Waals surface area contributed by atoms with Gasteiger partial charge >= 0.3 is 5.97 Å². The van der Waals surface area contributed by atoms with Gasteiger partial charge in [0.05, 0.1) is 47.0 Å². The lowest BCUT2D eigenvalue weighted by molar-refractivity contribution is -0.142. The molecule has 0 aliphatic heterocycles. The van der Waals surface area contributed by atoms with Crippen LogP contribution in [0.3, 0.4) is 0 Å². The van der Waals surface area contributed by atoms with E-state index in [1.807, 2.05) is 0 Å². The van der Waals surface area contributed by atoms with E-state index < -0.39 is 17.5 Å². The lowest BCUT2D eigenvalue weighted by atomic mass is 10.0. The Labute approximate surface area is 210 Å². The third-order valence-electron chi connectivity index (χ3n) is 4.98. The number of hydrogen-bond acceptors (Lipinski definition) is 8. The summed E-state index contributed by atoms with van der Waals surface area (Å²) in [7, 11) is 6.07. The van der Waals surface area contributed by atoms with Gasteiger partial charge in [-0.05, 0) is 54.5 Å². The van der Waals surface area contributed by atoms with Gasteiger partial charge in [0.1, 0.15) is 0 Å². The van der Waals surface area contributed by atoms with Gasteiger partial charge in [-0.25, -0.2) is 0 Å². The lowest BCUT2D eigenvalue weighted by Crippen LogP contribution is -2.11. The molecule has 0 aliphatic rings. The molecule has 0 amide bonds. The van der Waals surface area contributed by atoms with E-state index in [1.165, 1.54) is 46.7 Å². The van der Waals surface area contributed by atoms with Crippen LogP contribution in [0.4, 0.5) is 0 Å². The average Bonchev–Trinajstić information content (AvgIpc) is 2.90. The van der Waals surface area contributed by atoms with Crippen LogP contribution in [-0.4, -0.2) is 52.6 Å². The molecule has 0 spiro atoms. The number of ketones is 2.